The number of hydrogen-bond donors (Lipinski definition) is 1. The van der Waals surface area contributed by atoms with Crippen molar-refractivity contribution in [2.24, 2.45) is 0 Å². The molecule has 0 aromatic carbocycles. The van der Waals surface area contributed by atoms with Crippen LogP contribution in [0.15, 0.2) is 11.6 Å². The molecule has 0 spiro atoms. The third kappa shape index (κ3) is 1.34. The van der Waals surface area contributed by atoms with E-state index >= 15 is 0 Å². The van der Waals surface area contributed by atoms with Gasteiger partial charge in [-0.3, -0.25) is 0 Å². The lowest BCUT2D eigenvalue weighted by Crippen LogP contribution is -2.45. The van der Waals surface area contributed by atoms with Crippen LogP contribution in [0.5, 0.6) is 0 Å². The van der Waals surface area contributed by atoms with Gasteiger partial charge >= 0.3 is 0 Å². The fourth-order valence-electron chi connectivity index (χ4n) is 1.76. The summed E-state index contributed by atoms with van der Waals surface area (Å²) in [5, 5.41) is 12.7. The maximum Gasteiger partial charge on any atom is 0.185 e. The Morgan fingerprint density at radius 3 is 2.92 bits per heavy atom. The molecule has 3 nitrogen and oxygen atoms in total. The monoisotopic (exact) mass is 198 g/mol. The second-order valence-electron chi connectivity index (χ2n) is 3.92. The lowest BCUT2D eigenvalue weighted by atomic mass is 9.99. The summed E-state index contributed by atoms with van der Waals surface area (Å²) in [6.45, 7) is 5.03. The minimum atomic E-state index is -0.239. The Kier molecular flexibility index (Phi) is 2.04. The highest BCUT2D eigenvalue weighted by Gasteiger charge is 2.41. The maximum absolute atomic E-state index is 9.76. The van der Waals surface area contributed by atoms with Crippen LogP contribution in [0.3, 0.4) is 0 Å². The summed E-state index contributed by atoms with van der Waals surface area (Å²) in [5.74, 6) is 0. The molecule has 4 heteroatoms. The zero-order chi connectivity index (χ0) is 9.47. The van der Waals surface area contributed by atoms with Crippen LogP contribution in [0.25, 0.3) is 0 Å². The number of nitrogens with zero attached hydrogens (tertiary/aromatic N) is 2. The molecule has 0 amide bonds. The van der Waals surface area contributed by atoms with E-state index in [1.54, 1.807) is 17.5 Å². The summed E-state index contributed by atoms with van der Waals surface area (Å²) in [6, 6.07) is 0. The van der Waals surface area contributed by atoms with Crippen LogP contribution in [-0.4, -0.2) is 28.3 Å². The third-order valence-corrected chi connectivity index (χ3v) is 3.58. The first-order chi connectivity index (χ1) is 6.12. The van der Waals surface area contributed by atoms with E-state index in [2.05, 4.69) is 23.7 Å². The normalized spacial score (nSPS) is 26.7. The van der Waals surface area contributed by atoms with Gasteiger partial charge in [0.1, 0.15) is 0 Å². The van der Waals surface area contributed by atoms with Gasteiger partial charge in [-0.25, -0.2) is 4.98 Å². The molecule has 1 aliphatic heterocycles. The van der Waals surface area contributed by atoms with E-state index in [1.807, 2.05) is 5.38 Å². The molecule has 72 valence electrons. The summed E-state index contributed by atoms with van der Waals surface area (Å²) in [5.41, 5.74) is -0.169. The molecule has 1 unspecified atom stereocenters. The lowest BCUT2D eigenvalue weighted by Gasteiger charge is -2.33. The number of hydrogen-bond acceptors (Lipinski definition) is 4. The number of thiazole rings is 1. The number of rotatable bonds is 1. The molecule has 1 atom stereocenters. The Morgan fingerprint density at radius 2 is 2.46 bits per heavy atom. The molecule has 1 aromatic heterocycles. The topological polar surface area (TPSA) is 36.4 Å². The fourth-order valence-corrected chi connectivity index (χ4v) is 2.58. The van der Waals surface area contributed by atoms with Crippen molar-refractivity contribution in [2.45, 2.75) is 31.9 Å². The largest absolute Gasteiger partial charge is 0.391 e. The quantitative estimate of drug-likeness (QED) is 0.742. The number of anilines is 1. The Labute approximate surface area is 82.0 Å². The first-order valence-corrected chi connectivity index (χ1v) is 5.35. The van der Waals surface area contributed by atoms with Gasteiger partial charge in [-0.15, -0.1) is 11.3 Å². The zero-order valence-corrected chi connectivity index (χ0v) is 8.71. The van der Waals surface area contributed by atoms with Crippen LogP contribution >= 0.6 is 11.3 Å². The van der Waals surface area contributed by atoms with Crippen LogP contribution in [0.4, 0.5) is 5.13 Å². The van der Waals surface area contributed by atoms with Gasteiger partial charge in [-0.2, -0.15) is 0 Å². The summed E-state index contributed by atoms with van der Waals surface area (Å²) in [7, 11) is 0. The highest BCUT2D eigenvalue weighted by Crippen LogP contribution is 2.34. The number of aliphatic hydroxyl groups excluding tert-OH is 1. The van der Waals surface area contributed by atoms with E-state index in [1.165, 1.54) is 0 Å². The molecule has 0 bridgehead atoms. The van der Waals surface area contributed by atoms with Crippen molar-refractivity contribution in [3.63, 3.8) is 0 Å². The van der Waals surface area contributed by atoms with E-state index < -0.39 is 0 Å². The van der Waals surface area contributed by atoms with E-state index in [4.69, 9.17) is 0 Å². The Bertz CT molecular complexity index is 284. The van der Waals surface area contributed by atoms with E-state index in [-0.39, 0.29) is 11.6 Å². The second-order valence-corrected chi connectivity index (χ2v) is 4.80. The van der Waals surface area contributed by atoms with Crippen molar-refractivity contribution in [1.82, 2.24) is 4.98 Å². The summed E-state index contributed by atoms with van der Waals surface area (Å²) in [6.07, 6.45) is 2.41. The Morgan fingerprint density at radius 1 is 1.69 bits per heavy atom. The third-order valence-electron chi connectivity index (χ3n) is 2.79. The molecule has 0 radical (unpaired) electrons. The molecule has 1 aliphatic rings. The average Bonchev–Trinajstić information content (AvgIpc) is 2.62. The van der Waals surface area contributed by atoms with Crippen LogP contribution in [0, 0.1) is 0 Å². The second kappa shape index (κ2) is 2.96. The molecular weight excluding hydrogens is 184 g/mol. The molecule has 0 saturated carbocycles. The minimum Gasteiger partial charge on any atom is -0.391 e. The molecule has 1 aromatic rings. The molecule has 1 fully saturated rings. The molecule has 0 aliphatic carbocycles. The SMILES string of the molecule is CC1(C)C(O)CCN1c1nccs1. The maximum atomic E-state index is 9.76. The van der Waals surface area contributed by atoms with Crippen LogP contribution in [-0.2, 0) is 0 Å². The zero-order valence-electron chi connectivity index (χ0n) is 7.90. The molecule has 13 heavy (non-hydrogen) atoms. The van der Waals surface area contributed by atoms with Crippen molar-refractivity contribution < 1.29 is 5.11 Å². The van der Waals surface area contributed by atoms with Crippen molar-refractivity contribution in [3.8, 4) is 0 Å². The minimum absolute atomic E-state index is 0.169. The van der Waals surface area contributed by atoms with Gasteiger partial charge < -0.3 is 10.0 Å². The highest BCUT2D eigenvalue weighted by atomic mass is 32.1. The predicted molar refractivity (Wildman–Crippen MR) is 54.2 cm³/mol. The Hall–Kier alpha value is -0.610. The molecule has 1 N–H and O–H groups in total. The van der Waals surface area contributed by atoms with Gasteiger partial charge in [0.2, 0.25) is 0 Å². The molecule has 1 saturated heterocycles. The fraction of sp³-hybridized carbons (Fsp3) is 0.667. The van der Waals surface area contributed by atoms with Gasteiger partial charge in [0.25, 0.3) is 0 Å². The summed E-state index contributed by atoms with van der Waals surface area (Å²) < 4.78 is 0. The molecular formula is C9H14N2OS. The summed E-state index contributed by atoms with van der Waals surface area (Å²) >= 11 is 1.63. The van der Waals surface area contributed by atoms with Crippen molar-refractivity contribution in [1.29, 1.82) is 0 Å². The smallest absolute Gasteiger partial charge is 0.185 e. The van der Waals surface area contributed by atoms with Gasteiger partial charge in [0, 0.05) is 18.1 Å². The van der Waals surface area contributed by atoms with Crippen LogP contribution < -0.4 is 4.90 Å². The van der Waals surface area contributed by atoms with Crippen molar-refractivity contribution in [3.05, 3.63) is 11.6 Å². The lowest BCUT2D eigenvalue weighted by molar-refractivity contribution is 0.127. The first kappa shape index (κ1) is 8.97. The van der Waals surface area contributed by atoms with E-state index in [0.29, 0.717) is 0 Å². The van der Waals surface area contributed by atoms with Crippen molar-refractivity contribution >= 4 is 16.5 Å². The summed E-state index contributed by atoms with van der Waals surface area (Å²) in [4.78, 5) is 6.44. The first-order valence-electron chi connectivity index (χ1n) is 4.47. The van der Waals surface area contributed by atoms with Gasteiger partial charge in [0.05, 0.1) is 11.6 Å². The van der Waals surface area contributed by atoms with E-state index in [0.717, 1.165) is 18.1 Å². The van der Waals surface area contributed by atoms with Crippen molar-refractivity contribution in [2.75, 3.05) is 11.4 Å². The van der Waals surface area contributed by atoms with Crippen LogP contribution in [0.2, 0.25) is 0 Å². The predicted octanol–water partition coefficient (Wildman–Crippen LogP) is 1.49. The van der Waals surface area contributed by atoms with Crippen LogP contribution in [0.1, 0.15) is 20.3 Å². The standard InChI is InChI=1S/C9H14N2OS/c1-9(2)7(12)3-5-11(9)8-10-4-6-13-8/h4,6-7,12H,3,5H2,1-2H3. The number of aromatic nitrogens is 1. The van der Waals surface area contributed by atoms with Gasteiger partial charge in [0.15, 0.2) is 5.13 Å². The Balaban J connectivity index is 2.27. The van der Waals surface area contributed by atoms with E-state index in [9.17, 15) is 5.11 Å². The molecule has 2 rings (SSSR count). The van der Waals surface area contributed by atoms with Gasteiger partial charge in [-0.1, -0.05) is 0 Å². The highest BCUT2D eigenvalue weighted by molar-refractivity contribution is 7.13. The molecule has 2 heterocycles. The average molecular weight is 198 g/mol. The van der Waals surface area contributed by atoms with Gasteiger partial charge in [-0.05, 0) is 20.3 Å². The number of aliphatic hydroxyl groups is 1.